The number of benzene rings is 1. The summed E-state index contributed by atoms with van der Waals surface area (Å²) < 4.78 is 43.5. The zero-order chi connectivity index (χ0) is 12.2. The minimum atomic E-state index is -3.77. The molecule has 0 spiro atoms. The van der Waals surface area contributed by atoms with Crippen LogP contribution in [0.3, 0.4) is 0 Å². The molecule has 6 heteroatoms. The molecule has 4 nitrogen and oxygen atoms in total. The van der Waals surface area contributed by atoms with Gasteiger partial charge in [0.25, 0.3) is 0 Å². The van der Waals surface area contributed by atoms with E-state index < -0.39 is 15.8 Å². The molecule has 16 heavy (non-hydrogen) atoms. The first-order chi connectivity index (χ1) is 7.51. The highest BCUT2D eigenvalue weighted by atomic mass is 32.2. The van der Waals surface area contributed by atoms with Crippen molar-refractivity contribution in [3.8, 4) is 5.75 Å². The van der Waals surface area contributed by atoms with Crippen LogP contribution in [0.2, 0.25) is 0 Å². The monoisotopic (exact) mass is 245 g/mol. The molecule has 0 saturated carbocycles. The van der Waals surface area contributed by atoms with Crippen molar-refractivity contribution in [2.75, 3.05) is 13.7 Å². The molecule has 0 aromatic heterocycles. The number of halogens is 1. The van der Waals surface area contributed by atoms with Crippen LogP contribution in [0.15, 0.2) is 35.7 Å². The van der Waals surface area contributed by atoms with Gasteiger partial charge in [0, 0.05) is 6.54 Å². The quantitative estimate of drug-likeness (QED) is 0.795. The average Bonchev–Trinajstić information content (AvgIpc) is 2.26. The first-order valence-electron chi connectivity index (χ1n) is 4.45. The number of rotatable bonds is 5. The molecule has 0 aliphatic carbocycles. The van der Waals surface area contributed by atoms with Crippen LogP contribution in [0.1, 0.15) is 0 Å². The lowest BCUT2D eigenvalue weighted by Gasteiger charge is -2.09. The third kappa shape index (κ3) is 2.80. The molecule has 1 aromatic rings. The number of hydrogen-bond donors (Lipinski definition) is 1. The zero-order valence-electron chi connectivity index (χ0n) is 8.73. The van der Waals surface area contributed by atoms with Crippen LogP contribution in [0, 0.1) is 5.82 Å². The molecule has 0 atom stereocenters. The Hall–Kier alpha value is -1.40. The highest BCUT2D eigenvalue weighted by Crippen LogP contribution is 2.23. The second-order valence-corrected chi connectivity index (χ2v) is 4.67. The first-order valence-corrected chi connectivity index (χ1v) is 5.93. The van der Waals surface area contributed by atoms with E-state index in [1.807, 2.05) is 0 Å². The molecule has 1 aromatic carbocycles. The fourth-order valence-electron chi connectivity index (χ4n) is 1.11. The molecular weight excluding hydrogens is 233 g/mol. The zero-order valence-corrected chi connectivity index (χ0v) is 9.55. The molecule has 0 unspecified atom stereocenters. The van der Waals surface area contributed by atoms with E-state index in [9.17, 15) is 12.8 Å². The molecule has 0 fully saturated rings. The molecule has 1 rings (SSSR count). The summed E-state index contributed by atoms with van der Waals surface area (Å²) >= 11 is 0. The number of hydrogen-bond acceptors (Lipinski definition) is 3. The fourth-order valence-corrected chi connectivity index (χ4v) is 2.28. The average molecular weight is 245 g/mol. The molecule has 0 radical (unpaired) electrons. The second-order valence-electron chi connectivity index (χ2n) is 2.94. The molecule has 0 saturated heterocycles. The van der Waals surface area contributed by atoms with Crippen molar-refractivity contribution in [1.29, 1.82) is 0 Å². The van der Waals surface area contributed by atoms with Crippen molar-refractivity contribution < 1.29 is 17.5 Å². The molecule has 0 heterocycles. The Kier molecular flexibility index (Phi) is 4.03. The molecule has 0 aliphatic rings. The van der Waals surface area contributed by atoms with Gasteiger partial charge in [-0.3, -0.25) is 0 Å². The van der Waals surface area contributed by atoms with E-state index in [0.717, 1.165) is 12.1 Å². The third-order valence-corrected chi connectivity index (χ3v) is 3.28. The van der Waals surface area contributed by atoms with Crippen molar-refractivity contribution in [1.82, 2.24) is 4.72 Å². The molecule has 88 valence electrons. The van der Waals surface area contributed by atoms with Crippen molar-refractivity contribution >= 4 is 10.0 Å². The largest absolute Gasteiger partial charge is 0.495 e. The van der Waals surface area contributed by atoms with Crippen molar-refractivity contribution in [3.63, 3.8) is 0 Å². The number of methoxy groups -OCH3 is 1. The van der Waals surface area contributed by atoms with Gasteiger partial charge in [0.05, 0.1) is 7.11 Å². The van der Waals surface area contributed by atoms with Gasteiger partial charge in [0.2, 0.25) is 10.0 Å². The molecular formula is C10H12FNO3S. The van der Waals surface area contributed by atoms with E-state index in [4.69, 9.17) is 4.74 Å². The van der Waals surface area contributed by atoms with Crippen molar-refractivity contribution in [2.45, 2.75) is 4.90 Å². The van der Waals surface area contributed by atoms with Gasteiger partial charge < -0.3 is 4.74 Å². The van der Waals surface area contributed by atoms with Gasteiger partial charge in [0.15, 0.2) is 0 Å². The fraction of sp³-hybridized carbons (Fsp3) is 0.200. The Bertz CT molecular complexity index is 485. The van der Waals surface area contributed by atoms with E-state index >= 15 is 0 Å². The van der Waals surface area contributed by atoms with Gasteiger partial charge in [-0.05, 0) is 18.2 Å². The summed E-state index contributed by atoms with van der Waals surface area (Å²) in [6.45, 7) is 3.46. The summed E-state index contributed by atoms with van der Waals surface area (Å²) in [5.74, 6) is -0.544. The topological polar surface area (TPSA) is 55.4 Å². The van der Waals surface area contributed by atoms with Crippen LogP contribution in [-0.4, -0.2) is 22.1 Å². The predicted octanol–water partition coefficient (Wildman–Crippen LogP) is 1.30. The summed E-state index contributed by atoms with van der Waals surface area (Å²) in [6.07, 6.45) is 1.39. The lowest BCUT2D eigenvalue weighted by atomic mass is 10.3. The normalized spacial score (nSPS) is 11.1. The van der Waals surface area contributed by atoms with Gasteiger partial charge in [-0.15, -0.1) is 6.58 Å². The van der Waals surface area contributed by atoms with Crippen LogP contribution >= 0.6 is 0 Å². The molecule has 0 bridgehead atoms. The molecule has 0 aliphatic heterocycles. The van der Waals surface area contributed by atoms with Crippen LogP contribution in [0.5, 0.6) is 5.75 Å². The lowest BCUT2D eigenvalue weighted by Crippen LogP contribution is -2.24. The molecule has 1 N–H and O–H groups in total. The van der Waals surface area contributed by atoms with Gasteiger partial charge >= 0.3 is 0 Å². The summed E-state index contributed by atoms with van der Waals surface area (Å²) in [5, 5.41) is 0. The van der Waals surface area contributed by atoms with E-state index in [2.05, 4.69) is 11.3 Å². The highest BCUT2D eigenvalue weighted by Gasteiger charge is 2.19. The van der Waals surface area contributed by atoms with Crippen molar-refractivity contribution in [2.24, 2.45) is 0 Å². The number of nitrogens with one attached hydrogen (secondary N) is 1. The lowest BCUT2D eigenvalue weighted by molar-refractivity contribution is 0.400. The van der Waals surface area contributed by atoms with E-state index in [-0.39, 0.29) is 17.2 Å². The Balaban J connectivity index is 3.19. The summed E-state index contributed by atoms with van der Waals surface area (Å²) in [5.41, 5.74) is 0. The van der Waals surface area contributed by atoms with Crippen LogP contribution in [0.25, 0.3) is 0 Å². The summed E-state index contributed by atoms with van der Waals surface area (Å²) in [6, 6.07) is 3.30. The van der Waals surface area contributed by atoms with Gasteiger partial charge in [-0.1, -0.05) is 6.08 Å². The van der Waals surface area contributed by atoms with Gasteiger partial charge in [0.1, 0.15) is 16.5 Å². The van der Waals surface area contributed by atoms with Crippen LogP contribution in [0.4, 0.5) is 4.39 Å². The maximum Gasteiger partial charge on any atom is 0.244 e. The van der Waals surface area contributed by atoms with Crippen LogP contribution in [-0.2, 0) is 10.0 Å². The predicted molar refractivity (Wildman–Crippen MR) is 58.3 cm³/mol. The highest BCUT2D eigenvalue weighted by molar-refractivity contribution is 7.89. The first kappa shape index (κ1) is 12.7. The van der Waals surface area contributed by atoms with Gasteiger partial charge in [-0.2, -0.15) is 0 Å². The maximum atomic E-state index is 13.0. The Morgan fingerprint density at radius 3 is 2.81 bits per heavy atom. The third-order valence-electron chi connectivity index (χ3n) is 1.83. The van der Waals surface area contributed by atoms with E-state index in [1.165, 1.54) is 19.3 Å². The Morgan fingerprint density at radius 2 is 2.25 bits per heavy atom. The van der Waals surface area contributed by atoms with Gasteiger partial charge in [-0.25, -0.2) is 17.5 Å². The van der Waals surface area contributed by atoms with E-state index in [0.29, 0.717) is 0 Å². The number of sulfonamides is 1. The van der Waals surface area contributed by atoms with E-state index in [1.54, 1.807) is 0 Å². The minimum Gasteiger partial charge on any atom is -0.495 e. The Morgan fingerprint density at radius 1 is 1.56 bits per heavy atom. The SMILES string of the molecule is C=CCNS(=O)(=O)c1cc(F)ccc1OC. The molecule has 0 amide bonds. The van der Waals surface area contributed by atoms with Crippen molar-refractivity contribution in [3.05, 3.63) is 36.7 Å². The maximum absolute atomic E-state index is 13.0. The summed E-state index contributed by atoms with van der Waals surface area (Å²) in [4.78, 5) is -0.225. The minimum absolute atomic E-state index is 0.0714. The number of ether oxygens (including phenoxy) is 1. The summed E-state index contributed by atoms with van der Waals surface area (Å²) in [7, 11) is -2.45. The second kappa shape index (κ2) is 5.09. The smallest absolute Gasteiger partial charge is 0.244 e. The van der Waals surface area contributed by atoms with Crippen LogP contribution < -0.4 is 9.46 Å². The standard InChI is InChI=1S/C10H12FNO3S/c1-3-6-12-16(13,14)10-7-8(11)4-5-9(10)15-2/h3-5,7,12H,1,6H2,2H3. The Labute approximate surface area is 93.8 Å².